The van der Waals surface area contributed by atoms with Crippen molar-refractivity contribution in [2.24, 2.45) is 0 Å². The van der Waals surface area contributed by atoms with E-state index in [9.17, 15) is 0 Å². The molecule has 0 spiro atoms. The zero-order valence-corrected chi connectivity index (χ0v) is 13.9. The third-order valence-electron chi connectivity index (χ3n) is 4.49. The molecular weight excluding hydrogens is 320 g/mol. The molecule has 0 radical (unpaired) electrons. The summed E-state index contributed by atoms with van der Waals surface area (Å²) in [6.45, 7) is 0. The lowest BCUT2D eigenvalue weighted by atomic mass is 10.3. The summed E-state index contributed by atoms with van der Waals surface area (Å²) in [6.07, 6.45) is 3.99. The average molecular weight is 336 g/mol. The van der Waals surface area contributed by atoms with Crippen LogP contribution in [0.1, 0.15) is 24.6 Å². The zero-order chi connectivity index (χ0) is 17.0. The number of benzene rings is 1. The molecule has 5 rings (SSSR count). The van der Waals surface area contributed by atoms with Crippen molar-refractivity contribution in [3.63, 3.8) is 0 Å². The summed E-state index contributed by atoms with van der Waals surface area (Å²) in [5, 5.41) is 5.71. The Morgan fingerprint density at radius 3 is 2.84 bits per heavy atom. The highest BCUT2D eigenvalue weighted by Crippen LogP contribution is 2.39. The van der Waals surface area contributed by atoms with Crippen molar-refractivity contribution in [1.29, 1.82) is 0 Å². The van der Waals surface area contributed by atoms with Crippen LogP contribution in [0.5, 0.6) is 0 Å². The lowest BCUT2D eigenvalue weighted by Gasteiger charge is -2.17. The lowest BCUT2D eigenvalue weighted by Crippen LogP contribution is -2.17. The summed E-state index contributed by atoms with van der Waals surface area (Å²) in [4.78, 5) is 19.1. The Kier molecular flexibility index (Phi) is 3.01. The highest BCUT2D eigenvalue weighted by molar-refractivity contribution is 5.86. The molecule has 0 unspecified atom stereocenters. The molecule has 126 valence electrons. The van der Waals surface area contributed by atoms with Gasteiger partial charge in [-0.1, -0.05) is 17.3 Å². The minimum Gasteiger partial charge on any atom is -0.331 e. The average Bonchev–Trinajstić information content (AvgIpc) is 3.21. The fraction of sp³-hybridized carbons (Fsp3) is 0.294. The molecule has 0 saturated heterocycles. The van der Waals surface area contributed by atoms with Crippen LogP contribution in [0, 0.1) is 0 Å². The standard InChI is InChI=1S/C17H16N6O2/c1-22(24-2)15-13-9-18-16(17-20-14(21-25-17)10-7-8-10)23(13)12-6-4-3-5-11(12)19-15/h3-6,9-10H,7-8H2,1-2H3. The van der Waals surface area contributed by atoms with Crippen LogP contribution in [0.25, 0.3) is 28.3 Å². The van der Waals surface area contributed by atoms with E-state index in [1.54, 1.807) is 18.4 Å². The van der Waals surface area contributed by atoms with Gasteiger partial charge in [0.2, 0.25) is 5.82 Å². The third-order valence-corrected chi connectivity index (χ3v) is 4.49. The molecule has 3 aromatic heterocycles. The van der Waals surface area contributed by atoms with Gasteiger partial charge in [-0.15, -0.1) is 0 Å². The second-order valence-corrected chi connectivity index (χ2v) is 6.14. The number of imidazole rings is 1. The van der Waals surface area contributed by atoms with E-state index in [0.29, 0.717) is 23.5 Å². The Balaban J connectivity index is 1.80. The molecule has 0 amide bonds. The Morgan fingerprint density at radius 2 is 2.04 bits per heavy atom. The van der Waals surface area contributed by atoms with Gasteiger partial charge in [0, 0.05) is 13.0 Å². The number of aromatic nitrogens is 5. The maximum atomic E-state index is 5.48. The van der Waals surface area contributed by atoms with E-state index in [4.69, 9.17) is 14.3 Å². The van der Waals surface area contributed by atoms with Gasteiger partial charge in [0.15, 0.2) is 11.6 Å². The Hall–Kier alpha value is -3.00. The minimum atomic E-state index is 0.421. The molecule has 1 fully saturated rings. The number of para-hydroxylation sites is 2. The van der Waals surface area contributed by atoms with Crippen LogP contribution < -0.4 is 5.06 Å². The van der Waals surface area contributed by atoms with Crippen LogP contribution in [0.4, 0.5) is 5.82 Å². The molecular formula is C17H16N6O2. The fourth-order valence-corrected chi connectivity index (χ4v) is 2.97. The summed E-state index contributed by atoms with van der Waals surface area (Å²) in [7, 11) is 3.41. The van der Waals surface area contributed by atoms with Crippen molar-refractivity contribution < 1.29 is 9.36 Å². The predicted octanol–water partition coefficient (Wildman–Crippen LogP) is 2.81. The van der Waals surface area contributed by atoms with Gasteiger partial charge in [0.1, 0.15) is 5.52 Å². The smallest absolute Gasteiger partial charge is 0.294 e. The van der Waals surface area contributed by atoms with Crippen LogP contribution in [0.15, 0.2) is 35.0 Å². The van der Waals surface area contributed by atoms with Crippen LogP contribution in [0.3, 0.4) is 0 Å². The van der Waals surface area contributed by atoms with Crippen LogP contribution in [-0.2, 0) is 4.84 Å². The molecule has 0 atom stereocenters. The van der Waals surface area contributed by atoms with E-state index in [1.165, 1.54) is 0 Å². The van der Waals surface area contributed by atoms with Gasteiger partial charge in [-0.3, -0.25) is 9.24 Å². The van der Waals surface area contributed by atoms with Crippen LogP contribution in [0.2, 0.25) is 0 Å². The maximum Gasteiger partial charge on any atom is 0.294 e. The first-order valence-corrected chi connectivity index (χ1v) is 8.14. The number of fused-ring (bicyclic) bond motifs is 3. The summed E-state index contributed by atoms with van der Waals surface area (Å²) < 4.78 is 7.47. The highest BCUT2D eigenvalue weighted by atomic mass is 16.7. The van der Waals surface area contributed by atoms with Gasteiger partial charge in [-0.05, 0) is 25.0 Å². The fourth-order valence-electron chi connectivity index (χ4n) is 2.97. The summed E-state index contributed by atoms with van der Waals surface area (Å²) in [5.74, 6) is 2.89. The Bertz CT molecular complexity index is 1080. The van der Waals surface area contributed by atoms with Gasteiger partial charge in [-0.25, -0.2) is 15.0 Å². The van der Waals surface area contributed by atoms with Crippen molar-refractivity contribution in [3.05, 3.63) is 36.3 Å². The molecule has 3 heterocycles. The van der Waals surface area contributed by atoms with Crippen LogP contribution >= 0.6 is 0 Å². The molecule has 0 bridgehead atoms. The van der Waals surface area contributed by atoms with Gasteiger partial charge < -0.3 is 4.52 Å². The second-order valence-electron chi connectivity index (χ2n) is 6.14. The molecule has 1 saturated carbocycles. The molecule has 4 aromatic rings. The molecule has 1 aliphatic rings. The topological polar surface area (TPSA) is 81.6 Å². The summed E-state index contributed by atoms with van der Waals surface area (Å²) >= 11 is 0. The van der Waals surface area contributed by atoms with Crippen molar-refractivity contribution in [3.8, 4) is 11.7 Å². The highest BCUT2D eigenvalue weighted by Gasteiger charge is 2.30. The third kappa shape index (κ3) is 2.18. The van der Waals surface area contributed by atoms with Gasteiger partial charge in [-0.2, -0.15) is 4.98 Å². The molecule has 8 nitrogen and oxygen atoms in total. The normalized spacial score (nSPS) is 14.5. The van der Waals surface area contributed by atoms with E-state index in [2.05, 4.69) is 15.1 Å². The largest absolute Gasteiger partial charge is 0.331 e. The first kappa shape index (κ1) is 14.4. The maximum absolute atomic E-state index is 5.48. The minimum absolute atomic E-state index is 0.421. The molecule has 0 aliphatic heterocycles. The predicted molar refractivity (Wildman–Crippen MR) is 91.2 cm³/mol. The molecule has 8 heteroatoms. The van der Waals surface area contributed by atoms with E-state index < -0.39 is 0 Å². The SMILES string of the molecule is CON(C)c1nc2ccccc2n2c(-c3nc(C4CC4)no3)ncc12. The second kappa shape index (κ2) is 5.25. The molecule has 0 N–H and O–H groups in total. The van der Waals surface area contributed by atoms with Gasteiger partial charge >= 0.3 is 0 Å². The van der Waals surface area contributed by atoms with Crippen molar-refractivity contribution in [2.45, 2.75) is 18.8 Å². The van der Waals surface area contributed by atoms with E-state index in [-0.39, 0.29) is 0 Å². The number of rotatable bonds is 4. The Labute approximate surface area is 143 Å². The van der Waals surface area contributed by atoms with Crippen molar-refractivity contribution >= 4 is 22.4 Å². The van der Waals surface area contributed by atoms with Gasteiger partial charge in [0.25, 0.3) is 5.89 Å². The number of hydrogen-bond donors (Lipinski definition) is 0. The van der Waals surface area contributed by atoms with Crippen molar-refractivity contribution in [1.82, 2.24) is 24.5 Å². The molecule has 1 aromatic carbocycles. The first-order valence-electron chi connectivity index (χ1n) is 8.14. The van der Waals surface area contributed by atoms with E-state index in [0.717, 1.165) is 35.2 Å². The molecule has 25 heavy (non-hydrogen) atoms. The summed E-state index contributed by atoms with van der Waals surface area (Å²) in [5.41, 5.74) is 2.56. The van der Waals surface area contributed by atoms with Crippen LogP contribution in [-0.4, -0.2) is 38.7 Å². The first-order chi connectivity index (χ1) is 12.3. The zero-order valence-electron chi connectivity index (χ0n) is 13.9. The van der Waals surface area contributed by atoms with Gasteiger partial charge in [0.05, 0.1) is 24.3 Å². The summed E-state index contributed by atoms with van der Waals surface area (Å²) in [6, 6.07) is 7.87. The van der Waals surface area contributed by atoms with E-state index >= 15 is 0 Å². The lowest BCUT2D eigenvalue weighted by molar-refractivity contribution is 0.183. The number of hydrogen-bond acceptors (Lipinski definition) is 7. The quantitative estimate of drug-likeness (QED) is 0.530. The number of nitrogens with zero attached hydrogens (tertiary/aromatic N) is 6. The monoisotopic (exact) mass is 336 g/mol. The van der Waals surface area contributed by atoms with Crippen molar-refractivity contribution in [2.75, 3.05) is 19.2 Å². The van der Waals surface area contributed by atoms with E-state index in [1.807, 2.05) is 35.7 Å². The molecule has 1 aliphatic carbocycles. The Morgan fingerprint density at radius 1 is 1.20 bits per heavy atom. The number of anilines is 1. The number of hydroxylamine groups is 1.